The number of methoxy groups -OCH3 is 1. The third kappa shape index (κ3) is 3.62. The molecule has 1 aromatic heterocycles. The predicted molar refractivity (Wildman–Crippen MR) is 74.6 cm³/mol. The van der Waals surface area contributed by atoms with Crippen LogP contribution in [0.2, 0.25) is 5.28 Å². The summed E-state index contributed by atoms with van der Waals surface area (Å²) in [5.41, 5.74) is 0. The van der Waals surface area contributed by atoms with Crippen LogP contribution >= 0.6 is 23.4 Å². The number of ether oxygens (including phenoxy) is 1. The third-order valence-electron chi connectivity index (χ3n) is 3.06. The van der Waals surface area contributed by atoms with Crippen LogP contribution in [0.25, 0.3) is 0 Å². The van der Waals surface area contributed by atoms with Gasteiger partial charge < -0.3 is 10.1 Å². The molecule has 2 unspecified atom stereocenters. The lowest BCUT2D eigenvalue weighted by Gasteiger charge is -2.28. The summed E-state index contributed by atoms with van der Waals surface area (Å²) < 4.78 is 4.98. The van der Waals surface area contributed by atoms with Crippen molar-refractivity contribution in [1.82, 2.24) is 15.0 Å². The van der Waals surface area contributed by atoms with Crippen molar-refractivity contribution in [3.8, 4) is 6.01 Å². The minimum Gasteiger partial charge on any atom is -0.467 e. The van der Waals surface area contributed by atoms with E-state index in [0.29, 0.717) is 12.0 Å². The maximum absolute atomic E-state index is 5.82. The van der Waals surface area contributed by atoms with Crippen molar-refractivity contribution in [2.45, 2.75) is 37.0 Å². The van der Waals surface area contributed by atoms with Crippen LogP contribution in [0.1, 0.15) is 25.7 Å². The standard InChI is InChI=1S/C11H17ClN4OS/c1-17-11-15-9(12)14-10(16-11)13-7-4-3-5-8(6-7)18-2/h7-8H,3-6H2,1-2H3,(H,13,14,15,16). The first-order chi connectivity index (χ1) is 8.71. The number of nitrogens with one attached hydrogen (secondary N) is 1. The van der Waals surface area contributed by atoms with Crippen molar-refractivity contribution in [3.63, 3.8) is 0 Å². The summed E-state index contributed by atoms with van der Waals surface area (Å²) in [7, 11) is 1.51. The van der Waals surface area contributed by atoms with Crippen LogP contribution in [-0.4, -0.2) is 39.6 Å². The number of hydrogen-bond acceptors (Lipinski definition) is 6. The molecular formula is C11H17ClN4OS. The van der Waals surface area contributed by atoms with Gasteiger partial charge in [-0.2, -0.15) is 26.7 Å². The summed E-state index contributed by atoms with van der Waals surface area (Å²) in [6.45, 7) is 0. The lowest BCUT2D eigenvalue weighted by molar-refractivity contribution is 0.378. The zero-order chi connectivity index (χ0) is 13.0. The summed E-state index contributed by atoms with van der Waals surface area (Å²) in [4.78, 5) is 12.1. The fourth-order valence-corrected chi connectivity index (χ4v) is 3.14. The molecule has 2 rings (SSSR count). The second-order valence-corrected chi connectivity index (χ2v) is 5.76. The molecule has 1 aliphatic rings. The van der Waals surface area contributed by atoms with E-state index in [-0.39, 0.29) is 11.3 Å². The molecule has 18 heavy (non-hydrogen) atoms. The fraction of sp³-hybridized carbons (Fsp3) is 0.727. The predicted octanol–water partition coefficient (Wildman–Crippen LogP) is 2.62. The van der Waals surface area contributed by atoms with Crippen LogP contribution in [0.15, 0.2) is 0 Å². The van der Waals surface area contributed by atoms with Crippen LogP contribution in [0.3, 0.4) is 0 Å². The molecule has 0 aliphatic heterocycles. The van der Waals surface area contributed by atoms with Crippen molar-refractivity contribution in [1.29, 1.82) is 0 Å². The molecule has 0 aromatic carbocycles. The van der Waals surface area contributed by atoms with Crippen molar-refractivity contribution in [3.05, 3.63) is 5.28 Å². The highest BCUT2D eigenvalue weighted by Gasteiger charge is 2.22. The van der Waals surface area contributed by atoms with E-state index in [2.05, 4.69) is 26.5 Å². The van der Waals surface area contributed by atoms with E-state index in [4.69, 9.17) is 16.3 Å². The molecule has 5 nitrogen and oxygen atoms in total. The van der Waals surface area contributed by atoms with Gasteiger partial charge in [0, 0.05) is 11.3 Å². The van der Waals surface area contributed by atoms with E-state index in [0.717, 1.165) is 18.1 Å². The van der Waals surface area contributed by atoms with E-state index in [9.17, 15) is 0 Å². The van der Waals surface area contributed by atoms with Gasteiger partial charge in [0.1, 0.15) is 0 Å². The van der Waals surface area contributed by atoms with Crippen LogP contribution in [0, 0.1) is 0 Å². The van der Waals surface area contributed by atoms with E-state index in [1.165, 1.54) is 20.0 Å². The topological polar surface area (TPSA) is 59.9 Å². The second-order valence-electron chi connectivity index (χ2n) is 4.28. The van der Waals surface area contributed by atoms with Crippen molar-refractivity contribution in [2.75, 3.05) is 18.7 Å². The second kappa shape index (κ2) is 6.43. The van der Waals surface area contributed by atoms with Gasteiger partial charge in [0.2, 0.25) is 11.2 Å². The third-order valence-corrected chi connectivity index (χ3v) is 4.33. The molecule has 1 aromatic rings. The monoisotopic (exact) mass is 288 g/mol. The van der Waals surface area contributed by atoms with Crippen LogP contribution in [-0.2, 0) is 0 Å². The van der Waals surface area contributed by atoms with Gasteiger partial charge in [-0.25, -0.2) is 0 Å². The number of halogens is 1. The molecular weight excluding hydrogens is 272 g/mol. The number of aromatic nitrogens is 3. The highest BCUT2D eigenvalue weighted by molar-refractivity contribution is 7.99. The SMILES string of the molecule is COc1nc(Cl)nc(NC2CCCC(SC)C2)n1. The normalized spacial score (nSPS) is 23.7. The molecule has 1 saturated carbocycles. The van der Waals surface area contributed by atoms with Gasteiger partial charge in [-0.1, -0.05) is 6.42 Å². The maximum Gasteiger partial charge on any atom is 0.322 e. The Morgan fingerprint density at radius 1 is 1.33 bits per heavy atom. The zero-order valence-electron chi connectivity index (χ0n) is 10.5. The average molecular weight is 289 g/mol. The van der Waals surface area contributed by atoms with Gasteiger partial charge in [0.05, 0.1) is 7.11 Å². The molecule has 0 saturated heterocycles. The Kier molecular flexibility index (Phi) is 4.88. The summed E-state index contributed by atoms with van der Waals surface area (Å²) in [5.74, 6) is 0.499. The van der Waals surface area contributed by atoms with Crippen molar-refractivity contribution in [2.24, 2.45) is 0 Å². The van der Waals surface area contributed by atoms with Crippen LogP contribution in [0.5, 0.6) is 6.01 Å². The highest BCUT2D eigenvalue weighted by Crippen LogP contribution is 2.28. The van der Waals surface area contributed by atoms with Gasteiger partial charge in [-0.3, -0.25) is 0 Å². The van der Waals surface area contributed by atoms with E-state index in [1.807, 2.05) is 11.8 Å². The number of hydrogen-bond donors (Lipinski definition) is 1. The Morgan fingerprint density at radius 2 is 2.17 bits per heavy atom. The Bertz CT molecular complexity index is 407. The Labute approximate surface area is 116 Å². The molecule has 0 radical (unpaired) electrons. The maximum atomic E-state index is 5.82. The molecule has 1 N–H and O–H groups in total. The average Bonchev–Trinajstić information content (AvgIpc) is 2.38. The molecule has 0 spiro atoms. The highest BCUT2D eigenvalue weighted by atomic mass is 35.5. The summed E-state index contributed by atoms with van der Waals surface area (Å²) in [5, 5.41) is 4.19. The van der Waals surface area contributed by atoms with Crippen molar-refractivity contribution < 1.29 is 4.74 Å². The van der Waals surface area contributed by atoms with E-state index in [1.54, 1.807) is 0 Å². The lowest BCUT2D eigenvalue weighted by Crippen LogP contribution is -2.29. The summed E-state index contributed by atoms with van der Waals surface area (Å²) in [6, 6.07) is 0.647. The van der Waals surface area contributed by atoms with Gasteiger partial charge in [-0.15, -0.1) is 0 Å². The number of rotatable bonds is 4. The van der Waals surface area contributed by atoms with Crippen LogP contribution in [0.4, 0.5) is 5.95 Å². The van der Waals surface area contributed by atoms with Crippen molar-refractivity contribution >= 4 is 29.3 Å². The molecule has 1 fully saturated rings. The fourth-order valence-electron chi connectivity index (χ4n) is 2.16. The molecule has 100 valence electrons. The molecule has 7 heteroatoms. The number of nitrogens with zero attached hydrogens (tertiary/aromatic N) is 3. The molecule has 0 amide bonds. The smallest absolute Gasteiger partial charge is 0.322 e. The Morgan fingerprint density at radius 3 is 2.89 bits per heavy atom. The lowest BCUT2D eigenvalue weighted by atomic mass is 9.95. The van der Waals surface area contributed by atoms with Gasteiger partial charge in [-0.05, 0) is 37.1 Å². The van der Waals surface area contributed by atoms with Gasteiger partial charge in [0.15, 0.2) is 0 Å². The quantitative estimate of drug-likeness (QED) is 0.919. The summed E-state index contributed by atoms with van der Waals surface area (Å²) >= 11 is 7.74. The first kappa shape index (κ1) is 13.7. The van der Waals surface area contributed by atoms with E-state index >= 15 is 0 Å². The van der Waals surface area contributed by atoms with E-state index < -0.39 is 0 Å². The molecule has 1 heterocycles. The number of thioether (sulfide) groups is 1. The molecule has 1 aliphatic carbocycles. The van der Waals surface area contributed by atoms with Gasteiger partial charge in [0.25, 0.3) is 0 Å². The zero-order valence-corrected chi connectivity index (χ0v) is 12.1. The Hall–Kier alpha value is -0.750. The number of anilines is 1. The minimum atomic E-state index is 0.154. The minimum absolute atomic E-state index is 0.154. The van der Waals surface area contributed by atoms with Crippen LogP contribution < -0.4 is 10.1 Å². The Balaban J connectivity index is 2.02. The molecule has 2 atom stereocenters. The molecule has 0 bridgehead atoms. The first-order valence-corrected chi connectivity index (χ1v) is 7.62. The van der Waals surface area contributed by atoms with Gasteiger partial charge >= 0.3 is 6.01 Å². The summed E-state index contributed by atoms with van der Waals surface area (Å²) in [6.07, 6.45) is 6.96. The largest absolute Gasteiger partial charge is 0.467 e. The first-order valence-electron chi connectivity index (χ1n) is 5.96.